The molecule has 0 radical (unpaired) electrons. The van der Waals surface area contributed by atoms with Crippen LogP contribution in [0, 0.1) is 5.41 Å². The van der Waals surface area contributed by atoms with Gasteiger partial charge in [-0.2, -0.15) is 0 Å². The van der Waals surface area contributed by atoms with E-state index >= 15 is 0 Å². The first kappa shape index (κ1) is 10.2. The Kier molecular flexibility index (Phi) is 3.47. The van der Waals surface area contributed by atoms with Crippen LogP contribution in [0.3, 0.4) is 0 Å². The van der Waals surface area contributed by atoms with Gasteiger partial charge < -0.3 is 0 Å². The Labute approximate surface area is 81.4 Å². The van der Waals surface area contributed by atoms with Crippen LogP contribution in [-0.4, -0.2) is 0 Å². The SMILES string of the molecule is CC(C)(C)CCC[n+]1ccccc1. The lowest BCUT2D eigenvalue weighted by atomic mass is 9.91. The van der Waals surface area contributed by atoms with Crippen molar-refractivity contribution < 1.29 is 4.57 Å². The Morgan fingerprint density at radius 3 is 2.15 bits per heavy atom. The first-order valence-corrected chi connectivity index (χ1v) is 5.02. The zero-order valence-corrected chi connectivity index (χ0v) is 8.96. The van der Waals surface area contributed by atoms with E-state index in [0.717, 1.165) is 6.54 Å². The molecule has 0 unspecified atom stereocenters. The Morgan fingerprint density at radius 1 is 1.00 bits per heavy atom. The van der Waals surface area contributed by atoms with Gasteiger partial charge in [0.05, 0.1) is 0 Å². The number of aromatic nitrogens is 1. The molecule has 0 bridgehead atoms. The van der Waals surface area contributed by atoms with Crippen LogP contribution < -0.4 is 4.57 Å². The molecule has 0 saturated heterocycles. The van der Waals surface area contributed by atoms with Gasteiger partial charge in [-0.25, -0.2) is 4.57 Å². The van der Waals surface area contributed by atoms with Crippen LogP contribution in [0.15, 0.2) is 30.6 Å². The van der Waals surface area contributed by atoms with E-state index in [1.165, 1.54) is 12.8 Å². The summed E-state index contributed by atoms with van der Waals surface area (Å²) in [5.74, 6) is 0. The molecule has 1 aromatic heterocycles. The summed E-state index contributed by atoms with van der Waals surface area (Å²) < 4.78 is 2.24. The maximum Gasteiger partial charge on any atom is 0.168 e. The van der Waals surface area contributed by atoms with E-state index in [9.17, 15) is 0 Å². The number of rotatable bonds is 3. The normalized spacial score (nSPS) is 11.6. The van der Waals surface area contributed by atoms with Crippen molar-refractivity contribution in [2.45, 2.75) is 40.2 Å². The predicted octanol–water partition coefficient (Wildman–Crippen LogP) is 2.80. The standard InChI is InChI=1S/C12H20N/c1-12(2,3)8-7-11-13-9-5-4-6-10-13/h4-6,9-10H,7-8,11H2,1-3H3/q+1. The number of pyridine rings is 1. The van der Waals surface area contributed by atoms with Crippen molar-refractivity contribution in [2.24, 2.45) is 5.41 Å². The minimum absolute atomic E-state index is 0.468. The van der Waals surface area contributed by atoms with Crippen LogP contribution in [-0.2, 0) is 6.54 Å². The van der Waals surface area contributed by atoms with Crippen molar-refractivity contribution in [1.29, 1.82) is 0 Å². The molecule has 0 fully saturated rings. The monoisotopic (exact) mass is 178 g/mol. The zero-order valence-electron chi connectivity index (χ0n) is 8.96. The number of hydrogen-bond acceptors (Lipinski definition) is 0. The minimum atomic E-state index is 0.468. The number of aryl methyl sites for hydroxylation is 1. The van der Waals surface area contributed by atoms with Gasteiger partial charge >= 0.3 is 0 Å². The van der Waals surface area contributed by atoms with E-state index in [4.69, 9.17) is 0 Å². The summed E-state index contributed by atoms with van der Waals surface area (Å²) in [6, 6.07) is 6.22. The lowest BCUT2D eigenvalue weighted by Gasteiger charge is -2.16. The van der Waals surface area contributed by atoms with Crippen LogP contribution in [0.1, 0.15) is 33.6 Å². The lowest BCUT2D eigenvalue weighted by Crippen LogP contribution is -2.32. The molecular weight excluding hydrogens is 158 g/mol. The molecule has 0 N–H and O–H groups in total. The summed E-state index contributed by atoms with van der Waals surface area (Å²) in [7, 11) is 0. The maximum atomic E-state index is 2.29. The topological polar surface area (TPSA) is 3.88 Å². The average molecular weight is 178 g/mol. The highest BCUT2D eigenvalue weighted by atomic mass is 14.9. The predicted molar refractivity (Wildman–Crippen MR) is 55.3 cm³/mol. The fourth-order valence-electron chi connectivity index (χ4n) is 1.38. The summed E-state index contributed by atoms with van der Waals surface area (Å²) in [6.07, 6.45) is 6.80. The molecule has 13 heavy (non-hydrogen) atoms. The van der Waals surface area contributed by atoms with Gasteiger partial charge in [-0.1, -0.05) is 26.8 Å². The fraction of sp³-hybridized carbons (Fsp3) is 0.583. The molecule has 1 nitrogen and oxygen atoms in total. The molecule has 0 saturated carbocycles. The van der Waals surface area contributed by atoms with E-state index in [2.05, 4.69) is 55.9 Å². The van der Waals surface area contributed by atoms with E-state index in [1.807, 2.05) is 0 Å². The summed E-state index contributed by atoms with van der Waals surface area (Å²) in [4.78, 5) is 0. The number of nitrogens with zero attached hydrogens (tertiary/aromatic N) is 1. The molecule has 1 aromatic rings. The Morgan fingerprint density at radius 2 is 1.62 bits per heavy atom. The van der Waals surface area contributed by atoms with Crippen LogP contribution in [0.5, 0.6) is 0 Å². The van der Waals surface area contributed by atoms with Crippen molar-refractivity contribution in [1.82, 2.24) is 0 Å². The van der Waals surface area contributed by atoms with Crippen molar-refractivity contribution in [3.05, 3.63) is 30.6 Å². The highest BCUT2D eigenvalue weighted by Crippen LogP contribution is 2.19. The van der Waals surface area contributed by atoms with Gasteiger partial charge in [-0.3, -0.25) is 0 Å². The summed E-state index contributed by atoms with van der Waals surface area (Å²) in [6.45, 7) is 8.02. The molecule has 0 aliphatic heterocycles. The van der Waals surface area contributed by atoms with Crippen LogP contribution >= 0.6 is 0 Å². The largest absolute Gasteiger partial charge is 0.205 e. The van der Waals surface area contributed by atoms with Crippen molar-refractivity contribution >= 4 is 0 Å². The van der Waals surface area contributed by atoms with E-state index < -0.39 is 0 Å². The minimum Gasteiger partial charge on any atom is -0.205 e. The first-order valence-electron chi connectivity index (χ1n) is 5.02. The molecule has 0 atom stereocenters. The zero-order chi connectivity index (χ0) is 9.73. The van der Waals surface area contributed by atoms with Crippen LogP contribution in [0.4, 0.5) is 0 Å². The van der Waals surface area contributed by atoms with Gasteiger partial charge in [-0.15, -0.1) is 0 Å². The van der Waals surface area contributed by atoms with Crippen molar-refractivity contribution in [2.75, 3.05) is 0 Å². The van der Waals surface area contributed by atoms with Crippen LogP contribution in [0.25, 0.3) is 0 Å². The fourth-order valence-corrected chi connectivity index (χ4v) is 1.38. The van der Waals surface area contributed by atoms with Gasteiger partial charge in [0.2, 0.25) is 0 Å². The maximum absolute atomic E-state index is 2.29. The Balaban J connectivity index is 2.29. The van der Waals surface area contributed by atoms with Gasteiger partial charge in [0.1, 0.15) is 6.54 Å². The lowest BCUT2D eigenvalue weighted by molar-refractivity contribution is -0.697. The summed E-state index contributed by atoms with van der Waals surface area (Å²) in [5, 5.41) is 0. The molecular formula is C12H20N+. The molecule has 0 aliphatic rings. The third-order valence-electron chi connectivity index (χ3n) is 2.12. The van der Waals surface area contributed by atoms with Gasteiger partial charge in [-0.05, 0) is 11.8 Å². The third-order valence-corrected chi connectivity index (χ3v) is 2.12. The second-order valence-corrected chi connectivity index (χ2v) is 4.78. The second kappa shape index (κ2) is 4.40. The highest BCUT2D eigenvalue weighted by Gasteiger charge is 2.10. The molecule has 0 aliphatic carbocycles. The average Bonchev–Trinajstić information content (AvgIpc) is 2.04. The van der Waals surface area contributed by atoms with E-state index in [1.54, 1.807) is 0 Å². The molecule has 1 rings (SSSR count). The smallest absolute Gasteiger partial charge is 0.168 e. The molecule has 1 heterocycles. The highest BCUT2D eigenvalue weighted by molar-refractivity contribution is 4.83. The first-order chi connectivity index (χ1) is 6.08. The second-order valence-electron chi connectivity index (χ2n) is 4.78. The van der Waals surface area contributed by atoms with Crippen molar-refractivity contribution in [3.8, 4) is 0 Å². The Hall–Kier alpha value is -0.850. The number of hydrogen-bond donors (Lipinski definition) is 0. The molecule has 0 aromatic carbocycles. The van der Waals surface area contributed by atoms with Gasteiger partial charge in [0.25, 0.3) is 0 Å². The third kappa shape index (κ3) is 4.66. The van der Waals surface area contributed by atoms with Gasteiger partial charge in [0.15, 0.2) is 12.4 Å². The van der Waals surface area contributed by atoms with Crippen LogP contribution in [0.2, 0.25) is 0 Å². The quantitative estimate of drug-likeness (QED) is 0.627. The van der Waals surface area contributed by atoms with E-state index in [0.29, 0.717) is 5.41 Å². The summed E-state index contributed by atoms with van der Waals surface area (Å²) >= 11 is 0. The molecule has 1 heteroatoms. The van der Waals surface area contributed by atoms with E-state index in [-0.39, 0.29) is 0 Å². The summed E-state index contributed by atoms with van der Waals surface area (Å²) in [5.41, 5.74) is 0.468. The Bertz CT molecular complexity index is 233. The van der Waals surface area contributed by atoms with Gasteiger partial charge in [0, 0.05) is 18.6 Å². The molecule has 0 spiro atoms. The molecule has 72 valence electrons. The van der Waals surface area contributed by atoms with Crippen molar-refractivity contribution in [3.63, 3.8) is 0 Å². The molecule has 0 amide bonds.